The van der Waals surface area contributed by atoms with Gasteiger partial charge in [0.05, 0.1) is 11.1 Å². The number of benzene rings is 1. The fourth-order valence-electron chi connectivity index (χ4n) is 4.23. The van der Waals surface area contributed by atoms with Crippen LogP contribution in [0.1, 0.15) is 35.3 Å². The number of amides is 1. The summed E-state index contributed by atoms with van der Waals surface area (Å²) in [5.74, 6) is 0.984. The lowest BCUT2D eigenvalue weighted by molar-refractivity contribution is -0.116. The van der Waals surface area contributed by atoms with Crippen LogP contribution in [0.3, 0.4) is 0 Å². The van der Waals surface area contributed by atoms with Gasteiger partial charge in [-0.3, -0.25) is 4.79 Å². The van der Waals surface area contributed by atoms with Gasteiger partial charge in [-0.25, -0.2) is 9.97 Å². The number of thioether (sulfide) groups is 1. The molecule has 0 radical (unpaired) electrons. The molecule has 1 aliphatic heterocycles. The number of hydrogen-bond donors (Lipinski definition) is 1. The molecule has 0 atom stereocenters. The zero-order valence-electron chi connectivity index (χ0n) is 15.6. The molecule has 0 fully saturated rings. The molecule has 2 aliphatic rings. The number of nitrogens with zero attached hydrogens (tertiary/aromatic N) is 3. The van der Waals surface area contributed by atoms with E-state index in [4.69, 9.17) is 10.7 Å². The van der Waals surface area contributed by atoms with E-state index in [-0.39, 0.29) is 5.91 Å². The zero-order valence-corrected chi connectivity index (χ0v) is 17.2. The standard InChI is InChI=1S/C21H22N4OS2/c22-19-18-14-8-2-4-10-16(14)28-20(18)24-21(23-19)27-12-17(26)25-11-5-7-13-6-1-3-9-15(13)25/h1,3,6,9H,2,4-5,7-8,10-12H2,(H2,22,23,24). The first-order valence-corrected chi connectivity index (χ1v) is 11.6. The average Bonchev–Trinajstić information content (AvgIpc) is 3.10. The number of aromatic nitrogens is 2. The maximum Gasteiger partial charge on any atom is 0.237 e. The molecule has 0 saturated heterocycles. The second-order valence-electron chi connectivity index (χ2n) is 7.35. The van der Waals surface area contributed by atoms with Gasteiger partial charge in [0.1, 0.15) is 10.6 Å². The van der Waals surface area contributed by atoms with Crippen LogP contribution in [-0.2, 0) is 24.1 Å². The summed E-state index contributed by atoms with van der Waals surface area (Å²) in [7, 11) is 0. The molecule has 1 aliphatic carbocycles. The first-order valence-electron chi connectivity index (χ1n) is 9.79. The first-order chi connectivity index (χ1) is 13.7. The largest absolute Gasteiger partial charge is 0.383 e. The Morgan fingerprint density at radius 1 is 1.14 bits per heavy atom. The van der Waals surface area contributed by atoms with Crippen molar-refractivity contribution in [3.8, 4) is 0 Å². The molecule has 2 N–H and O–H groups in total. The minimum atomic E-state index is 0.102. The van der Waals surface area contributed by atoms with Crippen LogP contribution in [0.15, 0.2) is 29.4 Å². The molecule has 5 rings (SSSR count). The molecule has 0 saturated carbocycles. The molecule has 144 valence electrons. The number of para-hydroxylation sites is 1. The number of rotatable bonds is 3. The minimum absolute atomic E-state index is 0.102. The van der Waals surface area contributed by atoms with Crippen LogP contribution in [0.25, 0.3) is 10.2 Å². The number of fused-ring (bicyclic) bond motifs is 4. The Balaban J connectivity index is 1.36. The van der Waals surface area contributed by atoms with Crippen molar-refractivity contribution >= 4 is 50.7 Å². The molecule has 3 aromatic rings. The van der Waals surface area contributed by atoms with Crippen LogP contribution < -0.4 is 10.6 Å². The molecular weight excluding hydrogens is 388 g/mol. The highest BCUT2D eigenvalue weighted by Gasteiger charge is 2.23. The number of nitrogen functional groups attached to an aromatic ring is 1. The Labute approximate surface area is 172 Å². The topological polar surface area (TPSA) is 72.1 Å². The predicted octanol–water partition coefficient (Wildman–Crippen LogP) is 4.22. The van der Waals surface area contributed by atoms with Crippen LogP contribution in [0.4, 0.5) is 11.5 Å². The van der Waals surface area contributed by atoms with Gasteiger partial charge >= 0.3 is 0 Å². The van der Waals surface area contributed by atoms with E-state index in [1.807, 2.05) is 23.1 Å². The smallest absolute Gasteiger partial charge is 0.237 e. The van der Waals surface area contributed by atoms with Gasteiger partial charge in [0, 0.05) is 17.1 Å². The summed E-state index contributed by atoms with van der Waals surface area (Å²) in [5, 5.41) is 1.64. The molecule has 2 aromatic heterocycles. The van der Waals surface area contributed by atoms with Crippen molar-refractivity contribution in [2.75, 3.05) is 22.9 Å². The first kappa shape index (κ1) is 17.9. The monoisotopic (exact) mass is 410 g/mol. The Kier molecular flexibility index (Phi) is 4.72. The number of carbonyl (C=O) groups is 1. The van der Waals surface area contributed by atoms with Crippen molar-refractivity contribution < 1.29 is 4.79 Å². The lowest BCUT2D eigenvalue weighted by Gasteiger charge is -2.29. The molecular formula is C21H22N4OS2. The maximum absolute atomic E-state index is 12.9. The third-order valence-corrected chi connectivity index (χ3v) is 7.58. The van der Waals surface area contributed by atoms with Crippen molar-refractivity contribution in [1.29, 1.82) is 0 Å². The number of anilines is 2. The maximum atomic E-state index is 12.9. The summed E-state index contributed by atoms with van der Waals surface area (Å²) in [6, 6.07) is 8.17. The fraction of sp³-hybridized carbons (Fsp3) is 0.381. The van der Waals surface area contributed by atoms with E-state index in [1.165, 1.54) is 40.6 Å². The number of carbonyl (C=O) groups excluding carboxylic acids is 1. The van der Waals surface area contributed by atoms with Gasteiger partial charge in [-0.15, -0.1) is 11.3 Å². The lowest BCUT2D eigenvalue weighted by atomic mass is 9.97. The van der Waals surface area contributed by atoms with E-state index < -0.39 is 0 Å². The quantitative estimate of drug-likeness (QED) is 0.517. The third kappa shape index (κ3) is 3.16. The molecule has 0 spiro atoms. The summed E-state index contributed by atoms with van der Waals surface area (Å²) in [5.41, 5.74) is 9.92. The highest BCUT2D eigenvalue weighted by Crippen LogP contribution is 2.38. The Morgan fingerprint density at radius 2 is 2.00 bits per heavy atom. The van der Waals surface area contributed by atoms with Gasteiger partial charge in [0.2, 0.25) is 5.91 Å². The van der Waals surface area contributed by atoms with E-state index in [0.717, 1.165) is 48.1 Å². The van der Waals surface area contributed by atoms with Crippen LogP contribution in [0.5, 0.6) is 0 Å². The molecule has 7 heteroatoms. The normalized spacial score (nSPS) is 16.1. The van der Waals surface area contributed by atoms with Crippen molar-refractivity contribution in [2.24, 2.45) is 0 Å². The second kappa shape index (κ2) is 7.37. The Morgan fingerprint density at radius 3 is 2.93 bits per heavy atom. The second-order valence-corrected chi connectivity index (χ2v) is 9.37. The van der Waals surface area contributed by atoms with Crippen molar-refractivity contribution in [3.05, 3.63) is 40.3 Å². The van der Waals surface area contributed by atoms with E-state index in [0.29, 0.717) is 16.7 Å². The van der Waals surface area contributed by atoms with Crippen LogP contribution in [0, 0.1) is 0 Å². The number of aryl methyl sites for hydroxylation is 3. The van der Waals surface area contributed by atoms with Crippen LogP contribution in [-0.4, -0.2) is 28.2 Å². The summed E-state index contributed by atoms with van der Waals surface area (Å²) < 4.78 is 0. The number of hydrogen-bond acceptors (Lipinski definition) is 6. The summed E-state index contributed by atoms with van der Waals surface area (Å²) >= 11 is 3.13. The summed E-state index contributed by atoms with van der Waals surface area (Å²) in [6.45, 7) is 0.774. The van der Waals surface area contributed by atoms with Gasteiger partial charge in [0.25, 0.3) is 0 Å². The highest BCUT2D eigenvalue weighted by molar-refractivity contribution is 7.99. The molecule has 3 heterocycles. The molecule has 5 nitrogen and oxygen atoms in total. The van der Waals surface area contributed by atoms with E-state index >= 15 is 0 Å². The van der Waals surface area contributed by atoms with Gasteiger partial charge < -0.3 is 10.6 Å². The molecule has 1 aromatic carbocycles. The summed E-state index contributed by atoms with van der Waals surface area (Å²) in [6.07, 6.45) is 6.67. The number of nitrogens with two attached hydrogens (primary N) is 1. The number of thiophene rings is 1. The average molecular weight is 411 g/mol. The Hall–Kier alpha value is -2.12. The lowest BCUT2D eigenvalue weighted by Crippen LogP contribution is -2.36. The minimum Gasteiger partial charge on any atom is -0.383 e. The molecule has 28 heavy (non-hydrogen) atoms. The highest BCUT2D eigenvalue weighted by atomic mass is 32.2. The van der Waals surface area contributed by atoms with E-state index in [9.17, 15) is 4.79 Å². The third-order valence-electron chi connectivity index (χ3n) is 5.56. The summed E-state index contributed by atoms with van der Waals surface area (Å²) in [4.78, 5) is 26.4. The van der Waals surface area contributed by atoms with Gasteiger partial charge in [-0.05, 0) is 55.7 Å². The van der Waals surface area contributed by atoms with Crippen LogP contribution >= 0.6 is 23.1 Å². The van der Waals surface area contributed by atoms with Crippen molar-refractivity contribution in [3.63, 3.8) is 0 Å². The van der Waals surface area contributed by atoms with Gasteiger partial charge in [-0.2, -0.15) is 0 Å². The zero-order chi connectivity index (χ0) is 19.1. The van der Waals surface area contributed by atoms with Gasteiger partial charge in [-0.1, -0.05) is 30.0 Å². The van der Waals surface area contributed by atoms with E-state index in [1.54, 1.807) is 11.3 Å². The predicted molar refractivity (Wildman–Crippen MR) is 116 cm³/mol. The molecule has 0 unspecified atom stereocenters. The Bertz CT molecular complexity index is 1060. The molecule has 0 bridgehead atoms. The fourth-order valence-corrected chi connectivity index (χ4v) is 6.28. The van der Waals surface area contributed by atoms with Gasteiger partial charge in [0.15, 0.2) is 5.16 Å². The van der Waals surface area contributed by atoms with Crippen LogP contribution in [0.2, 0.25) is 0 Å². The molecule has 1 amide bonds. The van der Waals surface area contributed by atoms with E-state index in [2.05, 4.69) is 11.1 Å². The van der Waals surface area contributed by atoms with Crippen molar-refractivity contribution in [1.82, 2.24) is 9.97 Å². The van der Waals surface area contributed by atoms with Crippen molar-refractivity contribution in [2.45, 2.75) is 43.7 Å². The SMILES string of the molecule is Nc1nc(SCC(=O)N2CCCc3ccccc32)nc2sc3c(c12)CCCC3.